The first kappa shape index (κ1) is 12.5. The molecule has 15 heavy (non-hydrogen) atoms. The highest BCUT2D eigenvalue weighted by Gasteiger charge is 2.36. The highest BCUT2D eigenvalue weighted by Crippen LogP contribution is 2.40. The van der Waals surface area contributed by atoms with Crippen molar-refractivity contribution in [3.8, 4) is 0 Å². The van der Waals surface area contributed by atoms with Gasteiger partial charge in [0.1, 0.15) is 0 Å². The highest BCUT2D eigenvalue weighted by molar-refractivity contribution is 5.79. The molecule has 0 aromatic rings. The van der Waals surface area contributed by atoms with Crippen molar-refractivity contribution in [1.82, 2.24) is 5.32 Å². The zero-order chi connectivity index (χ0) is 11.3. The van der Waals surface area contributed by atoms with Crippen molar-refractivity contribution in [3.63, 3.8) is 0 Å². The van der Waals surface area contributed by atoms with Gasteiger partial charge in [0.05, 0.1) is 6.61 Å². The monoisotopic (exact) mass is 213 g/mol. The fourth-order valence-corrected chi connectivity index (χ4v) is 2.38. The lowest BCUT2D eigenvalue weighted by molar-refractivity contribution is -0.130. The molecule has 0 radical (unpaired) electrons. The van der Waals surface area contributed by atoms with Gasteiger partial charge in [-0.25, -0.2) is 0 Å². The number of carbonyl (C=O) groups excluding carboxylic acids is 1. The number of rotatable bonds is 4. The number of methoxy groups -OCH3 is 1. The van der Waals surface area contributed by atoms with Crippen molar-refractivity contribution in [3.05, 3.63) is 0 Å². The van der Waals surface area contributed by atoms with Gasteiger partial charge < -0.3 is 10.1 Å². The zero-order valence-electron chi connectivity index (χ0n) is 10.1. The van der Waals surface area contributed by atoms with E-state index in [1.165, 1.54) is 12.8 Å². The zero-order valence-corrected chi connectivity index (χ0v) is 10.1. The highest BCUT2D eigenvalue weighted by atomic mass is 16.5. The molecule has 3 heteroatoms. The molecule has 0 aromatic carbocycles. The summed E-state index contributed by atoms with van der Waals surface area (Å²) in [5.74, 6) is 0.389. The van der Waals surface area contributed by atoms with E-state index >= 15 is 0 Å². The Balaban J connectivity index is 2.42. The molecular weight excluding hydrogens is 190 g/mol. The SMILES string of the molecule is COCCNC(=O)[C@H]1CCCCC1(C)C. The van der Waals surface area contributed by atoms with Gasteiger partial charge in [0.25, 0.3) is 0 Å². The van der Waals surface area contributed by atoms with Gasteiger partial charge in [0.15, 0.2) is 0 Å². The Hall–Kier alpha value is -0.570. The predicted octanol–water partition coefficient (Wildman–Crippen LogP) is 1.97. The van der Waals surface area contributed by atoms with E-state index in [-0.39, 0.29) is 17.2 Å². The van der Waals surface area contributed by atoms with Crippen molar-refractivity contribution < 1.29 is 9.53 Å². The van der Waals surface area contributed by atoms with E-state index in [0.717, 1.165) is 12.8 Å². The molecule has 0 saturated heterocycles. The molecule has 88 valence electrons. The molecule has 1 aliphatic rings. The van der Waals surface area contributed by atoms with Crippen LogP contribution in [0.5, 0.6) is 0 Å². The molecule has 3 nitrogen and oxygen atoms in total. The maximum atomic E-state index is 11.9. The summed E-state index contributed by atoms with van der Waals surface area (Å²) in [5, 5.41) is 2.94. The third kappa shape index (κ3) is 3.49. The summed E-state index contributed by atoms with van der Waals surface area (Å²) in [5.41, 5.74) is 0.162. The molecule has 1 atom stereocenters. The van der Waals surface area contributed by atoms with Crippen molar-refractivity contribution in [2.75, 3.05) is 20.3 Å². The minimum absolute atomic E-state index is 0.162. The van der Waals surface area contributed by atoms with Crippen molar-refractivity contribution in [1.29, 1.82) is 0 Å². The van der Waals surface area contributed by atoms with E-state index in [9.17, 15) is 4.79 Å². The summed E-state index contributed by atoms with van der Waals surface area (Å²) < 4.78 is 4.92. The van der Waals surface area contributed by atoms with Crippen LogP contribution >= 0.6 is 0 Å². The molecule has 0 heterocycles. The average Bonchev–Trinajstić information content (AvgIpc) is 2.17. The quantitative estimate of drug-likeness (QED) is 0.725. The Morgan fingerprint density at radius 1 is 1.47 bits per heavy atom. The van der Waals surface area contributed by atoms with Crippen molar-refractivity contribution in [2.45, 2.75) is 39.5 Å². The largest absolute Gasteiger partial charge is 0.383 e. The minimum Gasteiger partial charge on any atom is -0.383 e. The molecule has 1 saturated carbocycles. The van der Waals surface area contributed by atoms with Crippen LogP contribution in [0.15, 0.2) is 0 Å². The molecule has 0 bridgehead atoms. The summed E-state index contributed by atoms with van der Waals surface area (Å²) in [6, 6.07) is 0. The van der Waals surface area contributed by atoms with E-state index in [1.807, 2.05) is 0 Å². The molecular formula is C12H23NO2. The number of amides is 1. The Labute approximate surface area is 92.6 Å². The first-order chi connectivity index (χ1) is 7.08. The summed E-state index contributed by atoms with van der Waals surface area (Å²) in [6.07, 6.45) is 4.64. The Kier molecular flexibility index (Phi) is 4.58. The van der Waals surface area contributed by atoms with Crippen LogP contribution in [0.25, 0.3) is 0 Å². The van der Waals surface area contributed by atoms with E-state index in [4.69, 9.17) is 4.74 Å². The van der Waals surface area contributed by atoms with Crippen LogP contribution < -0.4 is 5.32 Å². The normalized spacial score (nSPS) is 24.9. The lowest BCUT2D eigenvalue weighted by Gasteiger charge is -2.37. The Morgan fingerprint density at radius 3 is 2.80 bits per heavy atom. The van der Waals surface area contributed by atoms with Gasteiger partial charge in [-0.3, -0.25) is 4.79 Å². The number of hydrogen-bond donors (Lipinski definition) is 1. The fourth-order valence-electron chi connectivity index (χ4n) is 2.38. The second kappa shape index (κ2) is 5.50. The van der Waals surface area contributed by atoms with Gasteiger partial charge in [-0.1, -0.05) is 26.7 Å². The summed E-state index contributed by atoms with van der Waals surface area (Å²) in [7, 11) is 1.65. The molecule has 1 amide bonds. The molecule has 0 aromatic heterocycles. The van der Waals surface area contributed by atoms with E-state index in [1.54, 1.807) is 7.11 Å². The summed E-state index contributed by atoms with van der Waals surface area (Å²) in [6.45, 7) is 5.63. The Bertz CT molecular complexity index is 214. The average molecular weight is 213 g/mol. The third-order valence-electron chi connectivity index (χ3n) is 3.43. The van der Waals surface area contributed by atoms with E-state index < -0.39 is 0 Å². The van der Waals surface area contributed by atoms with Crippen LogP contribution in [0.3, 0.4) is 0 Å². The molecule has 0 aliphatic heterocycles. The molecule has 0 spiro atoms. The summed E-state index contributed by atoms with van der Waals surface area (Å²) >= 11 is 0. The van der Waals surface area contributed by atoms with E-state index in [0.29, 0.717) is 13.2 Å². The molecule has 1 rings (SSSR count). The summed E-state index contributed by atoms with van der Waals surface area (Å²) in [4.78, 5) is 11.9. The van der Waals surface area contributed by atoms with Gasteiger partial charge in [-0.15, -0.1) is 0 Å². The smallest absolute Gasteiger partial charge is 0.223 e. The third-order valence-corrected chi connectivity index (χ3v) is 3.43. The van der Waals surface area contributed by atoms with Crippen LogP contribution in [-0.4, -0.2) is 26.2 Å². The van der Waals surface area contributed by atoms with Crippen LogP contribution in [0.1, 0.15) is 39.5 Å². The van der Waals surface area contributed by atoms with Gasteiger partial charge in [-0.2, -0.15) is 0 Å². The number of ether oxygens (including phenoxy) is 1. The second-order valence-electron chi connectivity index (χ2n) is 5.07. The first-order valence-electron chi connectivity index (χ1n) is 5.84. The number of nitrogens with one attached hydrogen (secondary N) is 1. The maximum absolute atomic E-state index is 11.9. The molecule has 1 fully saturated rings. The lowest BCUT2D eigenvalue weighted by atomic mass is 9.68. The van der Waals surface area contributed by atoms with Gasteiger partial charge in [-0.05, 0) is 18.3 Å². The number of carbonyl (C=O) groups is 1. The van der Waals surface area contributed by atoms with E-state index in [2.05, 4.69) is 19.2 Å². The Morgan fingerprint density at radius 2 is 2.20 bits per heavy atom. The maximum Gasteiger partial charge on any atom is 0.223 e. The lowest BCUT2D eigenvalue weighted by Crippen LogP contribution is -2.42. The van der Waals surface area contributed by atoms with Crippen LogP contribution in [0, 0.1) is 11.3 Å². The van der Waals surface area contributed by atoms with Gasteiger partial charge in [0.2, 0.25) is 5.91 Å². The van der Waals surface area contributed by atoms with Crippen LogP contribution in [0.2, 0.25) is 0 Å². The fraction of sp³-hybridized carbons (Fsp3) is 0.917. The first-order valence-corrected chi connectivity index (χ1v) is 5.84. The van der Waals surface area contributed by atoms with Crippen molar-refractivity contribution in [2.24, 2.45) is 11.3 Å². The predicted molar refractivity (Wildman–Crippen MR) is 60.6 cm³/mol. The van der Waals surface area contributed by atoms with Crippen molar-refractivity contribution >= 4 is 5.91 Å². The van der Waals surface area contributed by atoms with Crippen LogP contribution in [0.4, 0.5) is 0 Å². The standard InChI is InChI=1S/C12H23NO2/c1-12(2)7-5-4-6-10(12)11(14)13-8-9-15-3/h10H,4-9H2,1-3H3,(H,13,14)/t10-/m1/s1. The molecule has 0 unspecified atom stereocenters. The molecule has 1 aliphatic carbocycles. The van der Waals surface area contributed by atoms with Gasteiger partial charge >= 0.3 is 0 Å². The second-order valence-corrected chi connectivity index (χ2v) is 5.07. The van der Waals surface area contributed by atoms with Gasteiger partial charge in [0, 0.05) is 19.6 Å². The number of hydrogen-bond acceptors (Lipinski definition) is 2. The van der Waals surface area contributed by atoms with Crippen LogP contribution in [-0.2, 0) is 9.53 Å². The minimum atomic E-state index is 0.162. The molecule has 1 N–H and O–H groups in total. The topological polar surface area (TPSA) is 38.3 Å².